The van der Waals surface area contributed by atoms with E-state index in [0.29, 0.717) is 4.47 Å². The third-order valence-corrected chi connectivity index (χ3v) is 2.59. The van der Waals surface area contributed by atoms with Gasteiger partial charge in [-0.1, -0.05) is 6.07 Å². The Hall–Kier alpha value is -0.450. The first-order valence-corrected chi connectivity index (χ1v) is 5.97. The zero-order chi connectivity index (χ0) is 12.3. The van der Waals surface area contributed by atoms with E-state index in [2.05, 4.69) is 21.4 Å². The van der Waals surface area contributed by atoms with Crippen molar-refractivity contribution in [3.05, 3.63) is 34.1 Å². The maximum absolute atomic E-state index is 13.0. The molecule has 0 aliphatic carbocycles. The van der Waals surface area contributed by atoms with Gasteiger partial charge in [0.05, 0.1) is 16.1 Å². The van der Waals surface area contributed by atoms with E-state index in [0.717, 1.165) is 5.56 Å². The smallest absolute Gasteiger partial charge is 0.137 e. The third kappa shape index (κ3) is 4.20. The standard InChI is InChI=1S/C12H17BrFNO/c1-8(15-16-12(2,3)4)9-5-6-11(14)10(13)7-9/h5-8,15H,1-4H3. The molecule has 0 spiro atoms. The van der Waals surface area contributed by atoms with Gasteiger partial charge in [-0.15, -0.1) is 0 Å². The normalized spacial score (nSPS) is 13.9. The lowest BCUT2D eigenvalue weighted by molar-refractivity contribution is -0.0866. The molecule has 0 aromatic heterocycles. The first-order chi connectivity index (χ1) is 7.29. The largest absolute Gasteiger partial charge is 0.296 e. The molecule has 0 saturated heterocycles. The Morgan fingerprint density at radius 1 is 1.38 bits per heavy atom. The Labute approximate surface area is 104 Å². The predicted molar refractivity (Wildman–Crippen MR) is 66.5 cm³/mol. The Balaban J connectivity index is 2.66. The molecular weight excluding hydrogens is 273 g/mol. The Morgan fingerprint density at radius 2 is 2.00 bits per heavy atom. The van der Waals surface area contributed by atoms with Crippen molar-refractivity contribution in [2.24, 2.45) is 0 Å². The number of nitrogens with one attached hydrogen (secondary N) is 1. The van der Waals surface area contributed by atoms with Crippen molar-refractivity contribution >= 4 is 15.9 Å². The average Bonchev–Trinajstić information content (AvgIpc) is 2.17. The first kappa shape index (κ1) is 13.6. The minimum absolute atomic E-state index is 0.0103. The molecule has 1 aromatic rings. The lowest BCUT2D eigenvalue weighted by atomic mass is 10.1. The summed E-state index contributed by atoms with van der Waals surface area (Å²) in [6.45, 7) is 7.86. The van der Waals surface area contributed by atoms with Gasteiger partial charge in [-0.2, -0.15) is 5.48 Å². The topological polar surface area (TPSA) is 21.3 Å². The molecule has 4 heteroatoms. The van der Waals surface area contributed by atoms with E-state index in [1.165, 1.54) is 6.07 Å². The van der Waals surface area contributed by atoms with Gasteiger partial charge in [0.25, 0.3) is 0 Å². The summed E-state index contributed by atoms with van der Waals surface area (Å²) in [5.41, 5.74) is 3.67. The minimum Gasteiger partial charge on any atom is -0.296 e. The second-order valence-electron chi connectivity index (χ2n) is 4.73. The molecule has 0 fully saturated rings. The van der Waals surface area contributed by atoms with Gasteiger partial charge in [-0.05, 0) is 61.3 Å². The molecule has 1 rings (SSSR count). The summed E-state index contributed by atoms with van der Waals surface area (Å²) in [6, 6.07) is 4.94. The highest BCUT2D eigenvalue weighted by atomic mass is 79.9. The number of hydroxylamine groups is 1. The fourth-order valence-electron chi connectivity index (χ4n) is 1.11. The molecule has 1 atom stereocenters. The van der Waals surface area contributed by atoms with E-state index in [9.17, 15) is 4.39 Å². The summed E-state index contributed by atoms with van der Waals surface area (Å²) < 4.78 is 13.5. The number of benzene rings is 1. The lowest BCUT2D eigenvalue weighted by Gasteiger charge is -2.23. The minimum atomic E-state index is -0.257. The second kappa shape index (κ2) is 5.25. The van der Waals surface area contributed by atoms with Gasteiger partial charge in [0.15, 0.2) is 0 Å². The van der Waals surface area contributed by atoms with Crippen LogP contribution in [0, 0.1) is 5.82 Å². The van der Waals surface area contributed by atoms with Crippen molar-refractivity contribution in [3.63, 3.8) is 0 Å². The van der Waals surface area contributed by atoms with Crippen LogP contribution in [0.4, 0.5) is 4.39 Å². The van der Waals surface area contributed by atoms with Gasteiger partial charge in [0.2, 0.25) is 0 Å². The summed E-state index contributed by atoms with van der Waals surface area (Å²) in [7, 11) is 0. The third-order valence-electron chi connectivity index (χ3n) is 1.99. The molecule has 1 unspecified atom stereocenters. The molecule has 0 amide bonds. The van der Waals surface area contributed by atoms with Crippen LogP contribution in [0.3, 0.4) is 0 Å². The molecule has 16 heavy (non-hydrogen) atoms. The maximum atomic E-state index is 13.0. The van der Waals surface area contributed by atoms with Crippen LogP contribution in [0.25, 0.3) is 0 Å². The van der Waals surface area contributed by atoms with Crippen molar-refractivity contribution in [3.8, 4) is 0 Å². The number of hydrogen-bond acceptors (Lipinski definition) is 2. The summed E-state index contributed by atoms with van der Waals surface area (Å²) in [5.74, 6) is -0.257. The SMILES string of the molecule is CC(NOC(C)(C)C)c1ccc(F)c(Br)c1. The zero-order valence-corrected chi connectivity index (χ0v) is 11.6. The van der Waals surface area contributed by atoms with Crippen LogP contribution < -0.4 is 5.48 Å². The number of halogens is 2. The van der Waals surface area contributed by atoms with Crippen LogP contribution in [0.2, 0.25) is 0 Å². The summed E-state index contributed by atoms with van der Waals surface area (Å²) in [6.07, 6.45) is 0. The van der Waals surface area contributed by atoms with E-state index >= 15 is 0 Å². The first-order valence-electron chi connectivity index (χ1n) is 5.18. The van der Waals surface area contributed by atoms with E-state index in [1.54, 1.807) is 12.1 Å². The fourth-order valence-corrected chi connectivity index (χ4v) is 1.51. The zero-order valence-electron chi connectivity index (χ0n) is 9.97. The number of rotatable bonds is 3. The maximum Gasteiger partial charge on any atom is 0.137 e. The highest BCUT2D eigenvalue weighted by molar-refractivity contribution is 9.10. The van der Waals surface area contributed by atoms with Gasteiger partial charge in [-0.3, -0.25) is 4.84 Å². The molecule has 0 aliphatic heterocycles. The molecule has 2 nitrogen and oxygen atoms in total. The van der Waals surface area contributed by atoms with Crippen LogP contribution in [0.1, 0.15) is 39.3 Å². The summed E-state index contributed by atoms with van der Waals surface area (Å²) in [5, 5.41) is 0. The van der Waals surface area contributed by atoms with Gasteiger partial charge in [-0.25, -0.2) is 4.39 Å². The van der Waals surface area contributed by atoms with E-state index in [4.69, 9.17) is 4.84 Å². The van der Waals surface area contributed by atoms with Crippen molar-refractivity contribution < 1.29 is 9.23 Å². The second-order valence-corrected chi connectivity index (χ2v) is 5.58. The molecular formula is C12H17BrFNO. The monoisotopic (exact) mass is 289 g/mol. The van der Waals surface area contributed by atoms with Crippen LogP contribution >= 0.6 is 15.9 Å². The molecule has 0 saturated carbocycles. The summed E-state index contributed by atoms with van der Waals surface area (Å²) in [4.78, 5) is 5.46. The van der Waals surface area contributed by atoms with E-state index in [1.807, 2.05) is 27.7 Å². The molecule has 0 radical (unpaired) electrons. The van der Waals surface area contributed by atoms with Gasteiger partial charge in [0, 0.05) is 0 Å². The van der Waals surface area contributed by atoms with Gasteiger partial charge < -0.3 is 0 Å². The predicted octanol–water partition coefficient (Wildman–Crippen LogP) is 3.97. The van der Waals surface area contributed by atoms with Crippen molar-refractivity contribution in [1.82, 2.24) is 5.48 Å². The number of hydrogen-bond donors (Lipinski definition) is 1. The quantitative estimate of drug-likeness (QED) is 0.850. The van der Waals surface area contributed by atoms with E-state index in [-0.39, 0.29) is 17.5 Å². The highest BCUT2D eigenvalue weighted by Gasteiger charge is 2.14. The van der Waals surface area contributed by atoms with Crippen molar-refractivity contribution in [2.75, 3.05) is 0 Å². The molecule has 90 valence electrons. The Bertz CT molecular complexity index is 363. The van der Waals surface area contributed by atoms with Crippen LogP contribution in [0.15, 0.2) is 22.7 Å². The molecule has 0 aliphatic rings. The Morgan fingerprint density at radius 3 is 2.50 bits per heavy atom. The molecule has 0 bridgehead atoms. The molecule has 1 N–H and O–H groups in total. The molecule has 0 heterocycles. The van der Waals surface area contributed by atoms with Gasteiger partial charge in [0.1, 0.15) is 5.82 Å². The summed E-state index contributed by atoms with van der Waals surface area (Å²) >= 11 is 3.16. The average molecular weight is 290 g/mol. The van der Waals surface area contributed by atoms with Crippen LogP contribution in [-0.4, -0.2) is 5.60 Å². The van der Waals surface area contributed by atoms with Crippen LogP contribution in [-0.2, 0) is 4.84 Å². The lowest BCUT2D eigenvalue weighted by Crippen LogP contribution is -2.30. The molecule has 1 aromatic carbocycles. The van der Waals surface area contributed by atoms with Crippen LogP contribution in [0.5, 0.6) is 0 Å². The Kier molecular flexibility index (Phi) is 4.47. The highest BCUT2D eigenvalue weighted by Crippen LogP contribution is 2.21. The van der Waals surface area contributed by atoms with Crippen molar-refractivity contribution in [2.45, 2.75) is 39.3 Å². The van der Waals surface area contributed by atoms with Crippen molar-refractivity contribution in [1.29, 1.82) is 0 Å². The van der Waals surface area contributed by atoms with Gasteiger partial charge >= 0.3 is 0 Å². The fraction of sp³-hybridized carbons (Fsp3) is 0.500. The van der Waals surface area contributed by atoms with E-state index < -0.39 is 0 Å².